The quantitative estimate of drug-likeness (QED) is 0.554. The fourth-order valence-electron chi connectivity index (χ4n) is 0.485. The molecule has 0 aromatic carbocycles. The van der Waals surface area contributed by atoms with E-state index >= 15 is 0 Å². The van der Waals surface area contributed by atoms with Crippen molar-refractivity contribution in [3.05, 3.63) is 11.1 Å². The average molecular weight is 161 g/mol. The molecule has 0 saturated carbocycles. The first kappa shape index (κ1) is 6.94. The van der Waals surface area contributed by atoms with E-state index in [0.29, 0.717) is 5.55 Å². The number of sulfone groups is 1. The molecule has 0 radical (unpaired) electrons. The van der Waals surface area contributed by atoms with Crippen LogP contribution in [-0.4, -0.2) is 25.0 Å². The summed E-state index contributed by atoms with van der Waals surface area (Å²) in [6.45, 7) is 0. The maximum Gasteiger partial charge on any atom is 0.349 e. The smallest absolute Gasteiger partial charge is 0.349 e. The number of carboxylic acids is 1. The summed E-state index contributed by atoms with van der Waals surface area (Å²) < 4.78 is 21.2. The van der Waals surface area contributed by atoms with Crippen molar-refractivity contribution in [3.8, 4) is 0 Å². The Kier molecular flexibility index (Phi) is 1.33. The molecule has 10 heavy (non-hydrogen) atoms. The monoisotopic (exact) mass is 161 g/mol. The second-order valence-corrected chi connectivity index (χ2v) is 3.34. The van der Waals surface area contributed by atoms with Crippen LogP contribution in [0.25, 0.3) is 0 Å². The van der Waals surface area contributed by atoms with Crippen molar-refractivity contribution in [2.24, 2.45) is 4.99 Å². The van der Waals surface area contributed by atoms with Crippen LogP contribution in [0.15, 0.2) is 16.1 Å². The first-order valence-corrected chi connectivity index (χ1v) is 3.80. The minimum atomic E-state index is -3.72. The summed E-state index contributed by atoms with van der Waals surface area (Å²) in [5.41, 5.74) is 0.608. The minimum absolute atomic E-state index is 0.608. The van der Waals surface area contributed by atoms with Gasteiger partial charge < -0.3 is 5.11 Å². The maximum atomic E-state index is 10.6. The molecule has 0 saturated heterocycles. The van der Waals surface area contributed by atoms with Crippen LogP contribution in [-0.2, 0) is 14.6 Å². The lowest BCUT2D eigenvalue weighted by molar-refractivity contribution is -0.131. The normalized spacial score (nSPS) is 20.6. The Bertz CT molecular complexity index is 323. The summed E-state index contributed by atoms with van der Waals surface area (Å²) in [5, 5.41) is 8.22. The minimum Gasteiger partial charge on any atom is -0.477 e. The Balaban J connectivity index is 3.18. The van der Waals surface area contributed by atoms with E-state index in [0.717, 1.165) is 6.20 Å². The van der Waals surface area contributed by atoms with E-state index < -0.39 is 20.7 Å². The van der Waals surface area contributed by atoms with E-state index in [1.54, 1.807) is 0 Å². The Labute approximate surface area is 56.6 Å². The van der Waals surface area contributed by atoms with Crippen LogP contribution in [0.3, 0.4) is 0 Å². The third kappa shape index (κ3) is 0.926. The Morgan fingerprint density at radius 2 is 2.20 bits per heavy atom. The van der Waals surface area contributed by atoms with E-state index in [2.05, 4.69) is 4.99 Å². The van der Waals surface area contributed by atoms with Gasteiger partial charge in [-0.05, 0) is 0 Å². The first-order valence-electron chi connectivity index (χ1n) is 2.26. The largest absolute Gasteiger partial charge is 0.477 e. The van der Waals surface area contributed by atoms with Gasteiger partial charge in [-0.15, -0.1) is 0 Å². The molecule has 1 aliphatic rings. The van der Waals surface area contributed by atoms with Crippen molar-refractivity contribution in [1.82, 2.24) is 0 Å². The molecule has 0 aromatic rings. The first-order chi connectivity index (χ1) is 4.54. The van der Waals surface area contributed by atoms with Crippen LogP contribution in [0.2, 0.25) is 0 Å². The van der Waals surface area contributed by atoms with E-state index in [9.17, 15) is 13.2 Å². The molecule has 0 aromatic heterocycles. The van der Waals surface area contributed by atoms with Crippen molar-refractivity contribution in [2.75, 3.05) is 0 Å². The van der Waals surface area contributed by atoms with Crippen LogP contribution < -0.4 is 0 Å². The molecule has 0 fully saturated rings. The Morgan fingerprint density at radius 1 is 1.60 bits per heavy atom. The van der Waals surface area contributed by atoms with Gasteiger partial charge in [-0.2, -0.15) is 0 Å². The molecule has 0 atom stereocenters. The SMILES string of the molecule is O=C(O)C1=CN=CS1(=O)=O. The van der Waals surface area contributed by atoms with E-state index in [4.69, 9.17) is 5.11 Å². The summed E-state index contributed by atoms with van der Waals surface area (Å²) in [4.78, 5) is 12.6. The summed E-state index contributed by atoms with van der Waals surface area (Å²) in [5.74, 6) is -1.47. The van der Waals surface area contributed by atoms with E-state index in [1.807, 2.05) is 0 Å². The van der Waals surface area contributed by atoms with Crippen molar-refractivity contribution < 1.29 is 18.3 Å². The van der Waals surface area contributed by atoms with Gasteiger partial charge in [-0.25, -0.2) is 13.2 Å². The van der Waals surface area contributed by atoms with E-state index in [1.165, 1.54) is 0 Å². The summed E-state index contributed by atoms with van der Waals surface area (Å²) in [6.07, 6.45) is 0.803. The molecule has 0 amide bonds. The number of aliphatic imine (C=N–C) groups is 1. The van der Waals surface area contributed by atoms with Gasteiger partial charge >= 0.3 is 5.97 Å². The molecule has 1 heterocycles. The molecule has 0 bridgehead atoms. The van der Waals surface area contributed by atoms with Crippen molar-refractivity contribution in [2.45, 2.75) is 0 Å². The second kappa shape index (κ2) is 1.91. The number of carboxylic acid groups (broad SMARTS) is 1. The van der Waals surface area contributed by atoms with Crippen LogP contribution >= 0.6 is 0 Å². The second-order valence-electron chi connectivity index (χ2n) is 1.60. The molecule has 6 heteroatoms. The molecule has 0 spiro atoms. The van der Waals surface area contributed by atoms with Gasteiger partial charge in [0.05, 0.1) is 6.20 Å². The van der Waals surface area contributed by atoms with Gasteiger partial charge in [0.2, 0.25) is 9.84 Å². The topological polar surface area (TPSA) is 83.8 Å². The standard InChI is InChI=1S/C4H3NO4S/c6-4(7)3-1-5-2-10(3,8)9/h1-2H,(H,6,7). The fourth-order valence-corrected chi connectivity index (χ4v) is 1.27. The van der Waals surface area contributed by atoms with Gasteiger partial charge in [0.1, 0.15) is 5.55 Å². The zero-order valence-electron chi connectivity index (χ0n) is 4.68. The predicted molar refractivity (Wildman–Crippen MR) is 33.1 cm³/mol. The highest BCUT2D eigenvalue weighted by Crippen LogP contribution is 2.10. The van der Waals surface area contributed by atoms with Gasteiger partial charge in [0, 0.05) is 0 Å². The molecule has 5 nitrogen and oxygen atoms in total. The zero-order valence-corrected chi connectivity index (χ0v) is 5.50. The Morgan fingerprint density at radius 3 is 2.40 bits per heavy atom. The van der Waals surface area contributed by atoms with Gasteiger partial charge in [0.15, 0.2) is 4.91 Å². The lowest BCUT2D eigenvalue weighted by atomic mass is 10.6. The summed E-state index contributed by atoms with van der Waals surface area (Å²) >= 11 is 0. The van der Waals surface area contributed by atoms with E-state index in [-0.39, 0.29) is 0 Å². The molecule has 0 unspecified atom stereocenters. The van der Waals surface area contributed by atoms with Crippen LogP contribution in [0.5, 0.6) is 0 Å². The van der Waals surface area contributed by atoms with Gasteiger partial charge in [-0.1, -0.05) is 0 Å². The highest BCUT2D eigenvalue weighted by atomic mass is 32.2. The predicted octanol–water partition coefficient (Wildman–Crippen LogP) is -0.631. The fraction of sp³-hybridized carbons (Fsp3) is 0. The third-order valence-corrected chi connectivity index (χ3v) is 2.20. The number of hydrogen-bond donors (Lipinski definition) is 1. The highest BCUT2D eigenvalue weighted by molar-refractivity contribution is 8.08. The number of rotatable bonds is 1. The van der Waals surface area contributed by atoms with Crippen LogP contribution in [0, 0.1) is 0 Å². The molecular weight excluding hydrogens is 158 g/mol. The zero-order chi connectivity index (χ0) is 7.78. The van der Waals surface area contributed by atoms with Crippen LogP contribution in [0.1, 0.15) is 0 Å². The number of nitrogens with zero attached hydrogens (tertiary/aromatic N) is 1. The molecule has 1 rings (SSSR count). The lowest BCUT2D eigenvalue weighted by Gasteiger charge is -1.88. The molecular formula is C4H3NO4S. The van der Waals surface area contributed by atoms with Gasteiger partial charge in [0.25, 0.3) is 0 Å². The summed E-state index contributed by atoms with van der Waals surface area (Å²) in [7, 11) is -3.72. The van der Waals surface area contributed by atoms with Crippen molar-refractivity contribution in [1.29, 1.82) is 0 Å². The summed E-state index contributed by atoms with van der Waals surface area (Å²) in [6, 6.07) is 0. The number of carbonyl (C=O) groups is 1. The number of aliphatic carboxylic acids is 1. The Hall–Kier alpha value is -1.17. The molecule has 0 aliphatic carbocycles. The molecule has 1 N–H and O–H groups in total. The number of hydrogen-bond acceptors (Lipinski definition) is 4. The maximum absolute atomic E-state index is 10.6. The molecule has 54 valence electrons. The lowest BCUT2D eigenvalue weighted by Crippen LogP contribution is -2.09. The molecule has 1 aliphatic heterocycles. The van der Waals surface area contributed by atoms with Crippen LogP contribution in [0.4, 0.5) is 0 Å². The highest BCUT2D eigenvalue weighted by Gasteiger charge is 2.25. The third-order valence-electron chi connectivity index (χ3n) is 0.909. The van der Waals surface area contributed by atoms with Crippen molar-refractivity contribution in [3.63, 3.8) is 0 Å². The average Bonchev–Trinajstić information content (AvgIpc) is 2.08. The van der Waals surface area contributed by atoms with Crippen molar-refractivity contribution >= 4 is 21.4 Å². The van der Waals surface area contributed by atoms with Gasteiger partial charge in [-0.3, -0.25) is 4.99 Å².